The largest absolute Gasteiger partial charge is 0.496 e. The standard InChI is InChI=1S/C33H50F2O4/c1-19(8-7-10-26(36)20-9-5-6-11-28(20)39-4)22-12-13-23-29-21(31(34)35)18-25-30(38)27(37)15-17-33(25,3)24(29)14-16-32(22,23)2/h5-6,9,11,19,21-27,29-31,36-38H,7-8,10,12-18H2,1-4H3/t19-,21?,22-,23+,24+,25+,26?,27+,29+,30-,32-,33-/m1/s1. The van der Waals surface area contributed by atoms with Crippen molar-refractivity contribution in [3.8, 4) is 5.75 Å². The van der Waals surface area contributed by atoms with Crippen LogP contribution in [0.2, 0.25) is 0 Å². The molecule has 6 heteroatoms. The molecular weight excluding hydrogens is 498 g/mol. The second-order valence-corrected chi connectivity index (χ2v) is 14.1. The van der Waals surface area contributed by atoms with Gasteiger partial charge in [-0.15, -0.1) is 0 Å². The van der Waals surface area contributed by atoms with Gasteiger partial charge in [0.25, 0.3) is 0 Å². The molecule has 3 N–H and O–H groups in total. The lowest BCUT2D eigenvalue weighted by atomic mass is 9.42. The van der Waals surface area contributed by atoms with Crippen molar-refractivity contribution in [1.29, 1.82) is 0 Å². The number of hydrogen-bond acceptors (Lipinski definition) is 4. The number of rotatable bonds is 8. The number of aliphatic hydroxyl groups is 3. The van der Waals surface area contributed by atoms with Crippen LogP contribution in [0.3, 0.4) is 0 Å². The van der Waals surface area contributed by atoms with Crippen molar-refractivity contribution in [2.24, 2.45) is 52.3 Å². The fourth-order valence-electron chi connectivity index (χ4n) is 10.5. The predicted molar refractivity (Wildman–Crippen MR) is 148 cm³/mol. The van der Waals surface area contributed by atoms with E-state index in [0.717, 1.165) is 56.3 Å². The second-order valence-electron chi connectivity index (χ2n) is 14.1. The van der Waals surface area contributed by atoms with Gasteiger partial charge in [-0.25, -0.2) is 8.78 Å². The van der Waals surface area contributed by atoms with Crippen molar-refractivity contribution < 1.29 is 28.8 Å². The molecule has 0 amide bonds. The zero-order valence-corrected chi connectivity index (χ0v) is 24.2. The Hall–Kier alpha value is -1.24. The molecular formula is C33H50F2O4. The van der Waals surface area contributed by atoms with Gasteiger partial charge in [-0.05, 0) is 104 Å². The minimum absolute atomic E-state index is 0.00277. The molecule has 4 nitrogen and oxygen atoms in total. The third kappa shape index (κ3) is 4.95. The maximum absolute atomic E-state index is 14.7. The summed E-state index contributed by atoms with van der Waals surface area (Å²) in [6, 6.07) is 7.65. The first-order chi connectivity index (χ1) is 18.5. The molecule has 0 saturated heterocycles. The molecule has 1 aromatic rings. The normalized spacial score (nSPS) is 43.3. The fraction of sp³-hybridized carbons (Fsp3) is 0.818. The third-order valence-electron chi connectivity index (χ3n) is 12.6. The SMILES string of the molecule is COc1ccccc1C(O)CCC[C@@H](C)[C@H]1CC[C@H]2[C@@H]3C(C(F)F)C[C@H]4[C@@H](O)[C@@H](O)CC[C@]4(C)[C@H]3CC[C@]12C. The minimum atomic E-state index is -2.39. The molecule has 0 radical (unpaired) electrons. The molecule has 0 aromatic heterocycles. The summed E-state index contributed by atoms with van der Waals surface area (Å²) in [7, 11) is 1.63. The van der Waals surface area contributed by atoms with Crippen molar-refractivity contribution in [3.05, 3.63) is 29.8 Å². The van der Waals surface area contributed by atoms with Crippen LogP contribution < -0.4 is 4.74 Å². The molecule has 220 valence electrons. The number of fused-ring (bicyclic) bond motifs is 5. The molecule has 4 aliphatic rings. The highest BCUT2D eigenvalue weighted by molar-refractivity contribution is 5.34. The van der Waals surface area contributed by atoms with Crippen LogP contribution in [0.5, 0.6) is 5.75 Å². The van der Waals surface area contributed by atoms with Gasteiger partial charge in [0.2, 0.25) is 6.43 Å². The zero-order valence-electron chi connectivity index (χ0n) is 24.2. The van der Waals surface area contributed by atoms with E-state index in [-0.39, 0.29) is 28.6 Å². The van der Waals surface area contributed by atoms with E-state index in [2.05, 4.69) is 20.8 Å². The van der Waals surface area contributed by atoms with Crippen LogP contribution in [0.1, 0.15) is 96.6 Å². The Morgan fingerprint density at radius 2 is 1.64 bits per heavy atom. The number of methoxy groups -OCH3 is 1. The van der Waals surface area contributed by atoms with Crippen LogP contribution in [0.4, 0.5) is 8.78 Å². The molecule has 5 rings (SSSR count). The van der Waals surface area contributed by atoms with E-state index < -0.39 is 30.7 Å². The van der Waals surface area contributed by atoms with Crippen LogP contribution in [-0.2, 0) is 0 Å². The average Bonchev–Trinajstić information content (AvgIpc) is 3.27. The smallest absolute Gasteiger partial charge is 0.241 e. The Labute approximate surface area is 233 Å². The van der Waals surface area contributed by atoms with Gasteiger partial charge in [0.15, 0.2) is 0 Å². The fourth-order valence-corrected chi connectivity index (χ4v) is 10.5. The van der Waals surface area contributed by atoms with Crippen LogP contribution in [-0.4, -0.2) is 41.1 Å². The topological polar surface area (TPSA) is 69.9 Å². The molecule has 39 heavy (non-hydrogen) atoms. The quantitative estimate of drug-likeness (QED) is 0.327. The summed E-state index contributed by atoms with van der Waals surface area (Å²) in [6.45, 7) is 6.96. The van der Waals surface area contributed by atoms with E-state index in [0.29, 0.717) is 37.0 Å². The van der Waals surface area contributed by atoms with E-state index in [9.17, 15) is 24.1 Å². The maximum Gasteiger partial charge on any atom is 0.241 e. The van der Waals surface area contributed by atoms with Crippen molar-refractivity contribution >= 4 is 0 Å². The van der Waals surface area contributed by atoms with Gasteiger partial charge in [-0.1, -0.05) is 51.8 Å². The Morgan fingerprint density at radius 3 is 2.36 bits per heavy atom. The first-order valence-corrected chi connectivity index (χ1v) is 15.5. The lowest BCUT2D eigenvalue weighted by Gasteiger charge is -2.64. The number of benzene rings is 1. The summed E-state index contributed by atoms with van der Waals surface area (Å²) in [5.41, 5.74) is 0.723. The van der Waals surface area contributed by atoms with Crippen LogP contribution >= 0.6 is 0 Å². The van der Waals surface area contributed by atoms with Crippen LogP contribution in [0.25, 0.3) is 0 Å². The molecule has 4 saturated carbocycles. The molecule has 4 aliphatic carbocycles. The number of ether oxygens (including phenoxy) is 1. The molecule has 12 atom stereocenters. The highest BCUT2D eigenvalue weighted by atomic mass is 19.3. The molecule has 0 bridgehead atoms. The van der Waals surface area contributed by atoms with Gasteiger partial charge < -0.3 is 20.1 Å². The molecule has 0 heterocycles. The average molecular weight is 549 g/mol. The number of aliphatic hydroxyl groups excluding tert-OH is 3. The lowest BCUT2D eigenvalue weighted by molar-refractivity contribution is -0.208. The summed E-state index contributed by atoms with van der Waals surface area (Å²) in [5.74, 6) is 1.26. The maximum atomic E-state index is 14.7. The summed E-state index contributed by atoms with van der Waals surface area (Å²) in [4.78, 5) is 0. The van der Waals surface area contributed by atoms with Crippen molar-refractivity contribution in [1.82, 2.24) is 0 Å². The highest BCUT2D eigenvalue weighted by Gasteiger charge is 2.65. The number of hydrogen-bond donors (Lipinski definition) is 3. The van der Waals surface area contributed by atoms with Gasteiger partial charge in [-0.2, -0.15) is 0 Å². The number of alkyl halides is 2. The molecule has 4 fully saturated rings. The van der Waals surface area contributed by atoms with Crippen molar-refractivity contribution in [2.75, 3.05) is 7.11 Å². The second kappa shape index (κ2) is 11.2. The van der Waals surface area contributed by atoms with Gasteiger partial charge in [0.05, 0.1) is 25.4 Å². The molecule has 0 spiro atoms. The lowest BCUT2D eigenvalue weighted by Crippen LogP contribution is -2.61. The van der Waals surface area contributed by atoms with E-state index in [1.807, 2.05) is 24.3 Å². The van der Waals surface area contributed by atoms with Gasteiger partial charge >= 0.3 is 0 Å². The minimum Gasteiger partial charge on any atom is -0.496 e. The van der Waals surface area contributed by atoms with E-state index in [1.54, 1.807) is 7.11 Å². The summed E-state index contributed by atoms with van der Waals surface area (Å²) >= 11 is 0. The monoisotopic (exact) mass is 548 g/mol. The van der Waals surface area contributed by atoms with Crippen molar-refractivity contribution in [3.63, 3.8) is 0 Å². The Kier molecular flexibility index (Phi) is 8.41. The summed E-state index contributed by atoms with van der Waals surface area (Å²) in [6.07, 6.45) is 3.87. The third-order valence-corrected chi connectivity index (χ3v) is 12.6. The van der Waals surface area contributed by atoms with E-state index in [1.165, 1.54) is 0 Å². The Bertz CT molecular complexity index is 988. The predicted octanol–water partition coefficient (Wildman–Crippen LogP) is 7.02. The zero-order chi connectivity index (χ0) is 28.1. The number of halogens is 2. The summed E-state index contributed by atoms with van der Waals surface area (Å²) < 4.78 is 34.8. The van der Waals surface area contributed by atoms with Crippen molar-refractivity contribution in [2.45, 2.75) is 110 Å². The first-order valence-electron chi connectivity index (χ1n) is 15.5. The molecule has 1 aromatic carbocycles. The highest BCUT2D eigenvalue weighted by Crippen LogP contribution is 2.70. The first kappa shape index (κ1) is 29.3. The summed E-state index contributed by atoms with van der Waals surface area (Å²) in [5, 5.41) is 32.1. The van der Waals surface area contributed by atoms with Gasteiger partial charge in [0, 0.05) is 11.5 Å². The van der Waals surface area contributed by atoms with E-state index >= 15 is 0 Å². The molecule has 0 aliphatic heterocycles. The van der Waals surface area contributed by atoms with Crippen LogP contribution in [0.15, 0.2) is 24.3 Å². The molecule has 2 unspecified atom stereocenters. The Morgan fingerprint density at radius 1 is 0.949 bits per heavy atom. The Balaban J connectivity index is 1.28. The number of para-hydroxylation sites is 1. The van der Waals surface area contributed by atoms with E-state index in [4.69, 9.17) is 4.74 Å². The van der Waals surface area contributed by atoms with Gasteiger partial charge in [0.1, 0.15) is 5.75 Å². The van der Waals surface area contributed by atoms with Crippen LogP contribution in [0, 0.1) is 52.3 Å². The van der Waals surface area contributed by atoms with Gasteiger partial charge in [-0.3, -0.25) is 0 Å².